The third kappa shape index (κ3) is 5.37. The van der Waals surface area contributed by atoms with Crippen LogP contribution in [0.25, 0.3) is 0 Å². The molecule has 0 spiro atoms. The number of hydrogen-bond donors (Lipinski definition) is 1. The lowest BCUT2D eigenvalue weighted by Gasteiger charge is -2.13. The molecular formula is C22H20BrNO2S. The summed E-state index contributed by atoms with van der Waals surface area (Å²) in [4.78, 5) is 13.9. The molecule has 0 heterocycles. The third-order valence-electron chi connectivity index (χ3n) is 3.88. The van der Waals surface area contributed by atoms with Crippen molar-refractivity contribution >= 4 is 39.3 Å². The van der Waals surface area contributed by atoms with Crippen molar-refractivity contribution in [2.75, 3.05) is 11.9 Å². The summed E-state index contributed by atoms with van der Waals surface area (Å²) in [6.45, 7) is 2.55. The summed E-state index contributed by atoms with van der Waals surface area (Å²) in [5, 5.41) is 2.95. The van der Waals surface area contributed by atoms with E-state index >= 15 is 0 Å². The molecule has 0 aliphatic rings. The van der Waals surface area contributed by atoms with Gasteiger partial charge >= 0.3 is 0 Å². The van der Waals surface area contributed by atoms with Crippen molar-refractivity contribution in [3.05, 3.63) is 88.4 Å². The molecule has 0 fully saturated rings. The SMILES string of the molecule is CCOc1ccc(C(=O)Nc2ccccc2Br)cc1CSc1ccccc1. The average molecular weight is 442 g/mol. The van der Waals surface area contributed by atoms with Crippen LogP contribution in [0.3, 0.4) is 0 Å². The van der Waals surface area contributed by atoms with Crippen molar-refractivity contribution in [1.29, 1.82) is 0 Å². The minimum absolute atomic E-state index is 0.143. The Morgan fingerprint density at radius 1 is 1.04 bits per heavy atom. The Kier molecular flexibility index (Phi) is 6.96. The van der Waals surface area contributed by atoms with Crippen LogP contribution in [0.4, 0.5) is 5.69 Å². The molecule has 1 amide bonds. The van der Waals surface area contributed by atoms with E-state index in [1.165, 1.54) is 4.90 Å². The van der Waals surface area contributed by atoms with E-state index in [4.69, 9.17) is 4.74 Å². The molecular weight excluding hydrogens is 422 g/mol. The van der Waals surface area contributed by atoms with Gasteiger partial charge in [-0.3, -0.25) is 4.79 Å². The minimum atomic E-state index is -0.143. The van der Waals surface area contributed by atoms with Gasteiger partial charge in [0.15, 0.2) is 0 Å². The number of ether oxygens (including phenoxy) is 1. The van der Waals surface area contributed by atoms with E-state index in [0.29, 0.717) is 12.2 Å². The zero-order chi connectivity index (χ0) is 19.1. The Balaban J connectivity index is 1.79. The maximum absolute atomic E-state index is 12.7. The smallest absolute Gasteiger partial charge is 0.255 e. The van der Waals surface area contributed by atoms with Crippen LogP contribution in [0.1, 0.15) is 22.8 Å². The Morgan fingerprint density at radius 3 is 2.52 bits per heavy atom. The zero-order valence-electron chi connectivity index (χ0n) is 14.9. The van der Waals surface area contributed by atoms with Crippen molar-refractivity contribution in [3.63, 3.8) is 0 Å². The van der Waals surface area contributed by atoms with Crippen LogP contribution in [-0.2, 0) is 5.75 Å². The molecule has 5 heteroatoms. The van der Waals surface area contributed by atoms with E-state index in [-0.39, 0.29) is 5.91 Å². The fourth-order valence-corrected chi connectivity index (χ4v) is 3.85. The van der Waals surface area contributed by atoms with E-state index in [2.05, 4.69) is 33.4 Å². The van der Waals surface area contributed by atoms with E-state index in [1.807, 2.05) is 61.5 Å². The Morgan fingerprint density at radius 2 is 1.78 bits per heavy atom. The molecule has 0 unspecified atom stereocenters. The first-order chi connectivity index (χ1) is 13.2. The van der Waals surface area contributed by atoms with Crippen molar-refractivity contribution in [1.82, 2.24) is 0 Å². The van der Waals surface area contributed by atoms with Crippen LogP contribution in [0.5, 0.6) is 5.75 Å². The molecule has 1 N–H and O–H groups in total. The molecule has 27 heavy (non-hydrogen) atoms. The normalized spacial score (nSPS) is 10.4. The van der Waals surface area contributed by atoms with Gasteiger partial charge < -0.3 is 10.1 Å². The fourth-order valence-electron chi connectivity index (χ4n) is 2.56. The molecule has 3 aromatic carbocycles. The van der Waals surface area contributed by atoms with E-state index in [0.717, 1.165) is 27.2 Å². The second-order valence-corrected chi connectivity index (χ2v) is 7.69. The number of hydrogen-bond acceptors (Lipinski definition) is 3. The lowest BCUT2D eigenvalue weighted by atomic mass is 10.1. The first-order valence-electron chi connectivity index (χ1n) is 8.67. The summed E-state index contributed by atoms with van der Waals surface area (Å²) >= 11 is 5.18. The Hall–Kier alpha value is -2.24. The topological polar surface area (TPSA) is 38.3 Å². The van der Waals surface area contributed by atoms with Gasteiger partial charge in [-0.25, -0.2) is 0 Å². The number of carbonyl (C=O) groups excluding carboxylic acids is 1. The van der Waals surface area contributed by atoms with Crippen LogP contribution in [0.2, 0.25) is 0 Å². The number of para-hydroxylation sites is 1. The minimum Gasteiger partial charge on any atom is -0.494 e. The second kappa shape index (κ2) is 9.62. The Bertz CT molecular complexity index is 915. The van der Waals surface area contributed by atoms with Gasteiger partial charge in [0.1, 0.15) is 5.75 Å². The van der Waals surface area contributed by atoms with Crippen molar-refractivity contribution in [3.8, 4) is 5.75 Å². The Labute approximate surface area is 172 Å². The maximum Gasteiger partial charge on any atom is 0.255 e. The molecule has 3 rings (SSSR count). The lowest BCUT2D eigenvalue weighted by Crippen LogP contribution is -2.13. The number of rotatable bonds is 7. The predicted octanol–water partition coefficient (Wildman–Crippen LogP) is 6.39. The van der Waals surface area contributed by atoms with Crippen LogP contribution in [0.15, 0.2) is 82.2 Å². The molecule has 0 aliphatic heterocycles. The summed E-state index contributed by atoms with van der Waals surface area (Å²) in [6.07, 6.45) is 0. The van der Waals surface area contributed by atoms with E-state index < -0.39 is 0 Å². The molecule has 0 saturated carbocycles. The van der Waals surface area contributed by atoms with Gasteiger partial charge in [0.25, 0.3) is 5.91 Å². The largest absolute Gasteiger partial charge is 0.494 e. The van der Waals surface area contributed by atoms with Crippen molar-refractivity contribution in [2.24, 2.45) is 0 Å². The molecule has 0 saturated heterocycles. The van der Waals surface area contributed by atoms with Gasteiger partial charge in [-0.05, 0) is 65.3 Å². The number of anilines is 1. The fraction of sp³-hybridized carbons (Fsp3) is 0.136. The summed E-state index contributed by atoms with van der Waals surface area (Å²) in [5.74, 6) is 1.41. The highest BCUT2D eigenvalue weighted by Crippen LogP contribution is 2.29. The number of benzene rings is 3. The van der Waals surface area contributed by atoms with Gasteiger partial charge in [-0.1, -0.05) is 30.3 Å². The number of thioether (sulfide) groups is 1. The van der Waals surface area contributed by atoms with Gasteiger partial charge in [-0.15, -0.1) is 11.8 Å². The van der Waals surface area contributed by atoms with Crippen molar-refractivity contribution < 1.29 is 9.53 Å². The predicted molar refractivity (Wildman–Crippen MR) is 116 cm³/mol. The summed E-state index contributed by atoms with van der Waals surface area (Å²) < 4.78 is 6.60. The number of amides is 1. The molecule has 0 radical (unpaired) electrons. The number of halogens is 1. The lowest BCUT2D eigenvalue weighted by molar-refractivity contribution is 0.102. The molecule has 0 aromatic heterocycles. The van der Waals surface area contributed by atoms with Gasteiger partial charge in [-0.2, -0.15) is 0 Å². The average Bonchev–Trinajstić information content (AvgIpc) is 2.70. The molecule has 3 nitrogen and oxygen atoms in total. The maximum atomic E-state index is 12.7. The highest BCUT2D eigenvalue weighted by molar-refractivity contribution is 9.10. The van der Waals surface area contributed by atoms with Gasteiger partial charge in [0.05, 0.1) is 12.3 Å². The second-order valence-electron chi connectivity index (χ2n) is 5.79. The number of nitrogens with one attached hydrogen (secondary N) is 1. The molecule has 0 atom stereocenters. The zero-order valence-corrected chi connectivity index (χ0v) is 17.3. The molecule has 3 aromatic rings. The van der Waals surface area contributed by atoms with Crippen molar-refractivity contribution in [2.45, 2.75) is 17.6 Å². The molecule has 0 bridgehead atoms. The van der Waals surface area contributed by atoms with Crippen LogP contribution in [-0.4, -0.2) is 12.5 Å². The van der Waals surface area contributed by atoms with E-state index in [1.54, 1.807) is 17.8 Å². The monoisotopic (exact) mass is 441 g/mol. The van der Waals surface area contributed by atoms with Crippen LogP contribution >= 0.6 is 27.7 Å². The quantitative estimate of drug-likeness (QED) is 0.431. The summed E-state index contributed by atoms with van der Waals surface area (Å²) in [5.41, 5.74) is 2.36. The highest BCUT2D eigenvalue weighted by Gasteiger charge is 2.12. The first kappa shape index (κ1) is 19.5. The third-order valence-corrected chi connectivity index (χ3v) is 5.63. The standard InChI is InChI=1S/C22H20BrNO2S/c1-2-26-21-13-12-16(22(25)24-20-11-7-6-10-19(20)23)14-17(21)15-27-18-8-4-3-5-9-18/h3-14H,2,15H2,1H3,(H,24,25). The number of carbonyl (C=O) groups is 1. The summed E-state index contributed by atoms with van der Waals surface area (Å²) in [7, 11) is 0. The van der Waals surface area contributed by atoms with Gasteiger partial charge in [0, 0.05) is 26.2 Å². The van der Waals surface area contributed by atoms with E-state index in [9.17, 15) is 4.79 Å². The molecule has 138 valence electrons. The van der Waals surface area contributed by atoms with Gasteiger partial charge in [0.2, 0.25) is 0 Å². The van der Waals surface area contributed by atoms with Crippen LogP contribution in [0, 0.1) is 0 Å². The molecule has 0 aliphatic carbocycles. The van der Waals surface area contributed by atoms with Crippen LogP contribution < -0.4 is 10.1 Å². The highest BCUT2D eigenvalue weighted by atomic mass is 79.9. The summed E-state index contributed by atoms with van der Waals surface area (Å²) in [6, 6.07) is 23.3. The first-order valence-corrected chi connectivity index (χ1v) is 10.4.